The standard InChI is InChI=1S/C27H36N4O/c1-2-12-30(23-6-8-25-21(19-23)4-3-5-27(25)32)16-13-29-14-17-31(18-15-29)24-7-9-26-22(20-24)10-11-28-26/h3-5,7,9,11,20,23,32H,2,6,8,10,12-19H2,1H3. The van der Waals surface area contributed by atoms with Gasteiger partial charge in [-0.05, 0) is 73.2 Å². The van der Waals surface area contributed by atoms with E-state index in [1.165, 1.54) is 28.8 Å². The minimum absolute atomic E-state index is 0.483. The molecule has 1 atom stereocenters. The van der Waals surface area contributed by atoms with E-state index in [-0.39, 0.29) is 0 Å². The number of phenolic OH excluding ortho intramolecular Hbond substituents is 1. The number of fused-ring (bicyclic) bond motifs is 2. The predicted octanol–water partition coefficient (Wildman–Crippen LogP) is 4.04. The van der Waals surface area contributed by atoms with E-state index in [1.807, 2.05) is 18.3 Å². The normalized spacial score (nSPS) is 20.6. The number of hydrogen-bond acceptors (Lipinski definition) is 5. The summed E-state index contributed by atoms with van der Waals surface area (Å²) >= 11 is 0. The fourth-order valence-electron chi connectivity index (χ4n) is 5.64. The van der Waals surface area contributed by atoms with Gasteiger partial charge < -0.3 is 10.0 Å². The van der Waals surface area contributed by atoms with Crippen LogP contribution in [0.1, 0.15) is 36.5 Å². The Balaban J connectivity index is 1.14. The SMILES string of the molecule is CCCN(CCN1CCN(c2ccc3c(c2)CC=N3)CC1)C1CCc2c(O)cccc2C1. The molecule has 2 aromatic rings. The van der Waals surface area contributed by atoms with Gasteiger partial charge in [0.25, 0.3) is 0 Å². The minimum atomic E-state index is 0.483. The van der Waals surface area contributed by atoms with Gasteiger partial charge in [0, 0.05) is 63.6 Å². The molecule has 5 heteroatoms. The smallest absolute Gasteiger partial charge is 0.119 e. The van der Waals surface area contributed by atoms with Gasteiger partial charge in [0.2, 0.25) is 0 Å². The molecule has 5 rings (SSSR count). The maximum Gasteiger partial charge on any atom is 0.119 e. The zero-order chi connectivity index (χ0) is 21.9. The largest absolute Gasteiger partial charge is 0.508 e. The van der Waals surface area contributed by atoms with Crippen LogP contribution in [0.4, 0.5) is 11.4 Å². The van der Waals surface area contributed by atoms with Gasteiger partial charge in [-0.2, -0.15) is 0 Å². The molecule has 2 aliphatic heterocycles. The number of aliphatic imine (C=N–C) groups is 1. The Kier molecular flexibility index (Phi) is 6.47. The van der Waals surface area contributed by atoms with Crippen LogP contribution in [0.2, 0.25) is 0 Å². The lowest BCUT2D eigenvalue weighted by atomic mass is 9.87. The monoisotopic (exact) mass is 432 g/mol. The van der Waals surface area contributed by atoms with E-state index in [9.17, 15) is 5.11 Å². The lowest BCUT2D eigenvalue weighted by Gasteiger charge is -2.39. The number of benzene rings is 2. The molecular weight excluding hydrogens is 396 g/mol. The van der Waals surface area contributed by atoms with Crippen molar-refractivity contribution in [2.75, 3.05) is 50.7 Å². The predicted molar refractivity (Wildman–Crippen MR) is 133 cm³/mol. The van der Waals surface area contributed by atoms with Gasteiger partial charge in [0.15, 0.2) is 0 Å². The van der Waals surface area contributed by atoms with Gasteiger partial charge >= 0.3 is 0 Å². The summed E-state index contributed by atoms with van der Waals surface area (Å²) < 4.78 is 0. The molecule has 2 aromatic carbocycles. The Hall–Kier alpha value is -2.37. The number of piperazine rings is 1. The lowest BCUT2D eigenvalue weighted by Crippen LogP contribution is -2.50. The Morgan fingerprint density at radius 1 is 1.06 bits per heavy atom. The maximum atomic E-state index is 10.2. The number of phenols is 1. The topological polar surface area (TPSA) is 42.3 Å². The second-order valence-corrected chi connectivity index (χ2v) is 9.50. The van der Waals surface area contributed by atoms with Crippen molar-refractivity contribution >= 4 is 17.6 Å². The summed E-state index contributed by atoms with van der Waals surface area (Å²) in [6.45, 7) is 10.2. The third kappa shape index (κ3) is 4.55. The summed E-state index contributed by atoms with van der Waals surface area (Å²) in [5.74, 6) is 0.483. The molecule has 1 fully saturated rings. The number of nitrogens with zero attached hydrogens (tertiary/aromatic N) is 4. The van der Waals surface area contributed by atoms with Crippen molar-refractivity contribution in [2.45, 2.75) is 45.1 Å². The number of anilines is 1. The number of rotatable bonds is 7. The molecule has 2 heterocycles. The van der Waals surface area contributed by atoms with Crippen LogP contribution in [0.15, 0.2) is 41.4 Å². The highest BCUT2D eigenvalue weighted by Crippen LogP contribution is 2.31. The average molecular weight is 433 g/mol. The first-order valence-electron chi connectivity index (χ1n) is 12.4. The van der Waals surface area contributed by atoms with Crippen LogP contribution in [0, 0.1) is 0 Å². The molecule has 0 saturated carbocycles. The van der Waals surface area contributed by atoms with Crippen molar-refractivity contribution in [2.24, 2.45) is 4.99 Å². The fourth-order valence-corrected chi connectivity index (χ4v) is 5.64. The van der Waals surface area contributed by atoms with Crippen molar-refractivity contribution in [3.63, 3.8) is 0 Å². The summed E-state index contributed by atoms with van der Waals surface area (Å²) in [5.41, 5.74) is 6.38. The third-order valence-electron chi connectivity index (χ3n) is 7.50. The molecule has 32 heavy (non-hydrogen) atoms. The van der Waals surface area contributed by atoms with Crippen LogP contribution in [0.3, 0.4) is 0 Å². The minimum Gasteiger partial charge on any atom is -0.508 e. The van der Waals surface area contributed by atoms with Crippen molar-refractivity contribution in [1.82, 2.24) is 9.80 Å². The first-order valence-corrected chi connectivity index (χ1v) is 12.4. The molecule has 0 amide bonds. The quantitative estimate of drug-likeness (QED) is 0.717. The molecule has 1 saturated heterocycles. The van der Waals surface area contributed by atoms with E-state index in [0.29, 0.717) is 11.8 Å². The lowest BCUT2D eigenvalue weighted by molar-refractivity contribution is 0.145. The van der Waals surface area contributed by atoms with Gasteiger partial charge in [-0.25, -0.2) is 0 Å². The average Bonchev–Trinajstić information content (AvgIpc) is 3.30. The van der Waals surface area contributed by atoms with E-state index in [1.54, 1.807) is 0 Å². The first kappa shape index (κ1) is 21.5. The highest BCUT2D eigenvalue weighted by molar-refractivity contribution is 5.77. The molecule has 0 radical (unpaired) electrons. The van der Waals surface area contributed by atoms with Crippen molar-refractivity contribution in [3.8, 4) is 5.75 Å². The third-order valence-corrected chi connectivity index (χ3v) is 7.50. The molecule has 3 aliphatic rings. The Morgan fingerprint density at radius 2 is 1.94 bits per heavy atom. The molecular formula is C27H36N4O. The van der Waals surface area contributed by atoms with Crippen LogP contribution in [0.25, 0.3) is 0 Å². The van der Waals surface area contributed by atoms with Gasteiger partial charge in [-0.15, -0.1) is 0 Å². The van der Waals surface area contributed by atoms with Gasteiger partial charge in [-0.1, -0.05) is 19.1 Å². The summed E-state index contributed by atoms with van der Waals surface area (Å²) in [4.78, 5) is 12.3. The highest BCUT2D eigenvalue weighted by Gasteiger charge is 2.26. The zero-order valence-corrected chi connectivity index (χ0v) is 19.3. The molecule has 0 aromatic heterocycles. The van der Waals surface area contributed by atoms with Gasteiger partial charge in [0.1, 0.15) is 5.75 Å². The summed E-state index contributed by atoms with van der Waals surface area (Å²) in [6, 6.07) is 13.4. The summed E-state index contributed by atoms with van der Waals surface area (Å²) in [7, 11) is 0. The molecule has 0 bridgehead atoms. The van der Waals surface area contributed by atoms with Crippen LogP contribution in [-0.4, -0.2) is 73.0 Å². The maximum absolute atomic E-state index is 10.2. The Morgan fingerprint density at radius 3 is 2.78 bits per heavy atom. The first-order chi connectivity index (χ1) is 15.7. The Labute approximate surface area is 192 Å². The van der Waals surface area contributed by atoms with Gasteiger partial charge in [0.05, 0.1) is 5.69 Å². The highest BCUT2D eigenvalue weighted by atomic mass is 16.3. The zero-order valence-electron chi connectivity index (χ0n) is 19.3. The second kappa shape index (κ2) is 9.63. The van der Waals surface area contributed by atoms with Crippen LogP contribution < -0.4 is 4.90 Å². The van der Waals surface area contributed by atoms with Crippen LogP contribution >= 0.6 is 0 Å². The van der Waals surface area contributed by atoms with Crippen molar-refractivity contribution < 1.29 is 5.11 Å². The van der Waals surface area contributed by atoms with Crippen molar-refractivity contribution in [3.05, 3.63) is 53.1 Å². The fraction of sp³-hybridized carbons (Fsp3) is 0.519. The van der Waals surface area contributed by atoms with Crippen LogP contribution in [0.5, 0.6) is 5.75 Å². The molecule has 1 unspecified atom stereocenters. The molecule has 1 N–H and O–H groups in total. The summed E-state index contributed by atoms with van der Waals surface area (Å²) in [6.07, 6.45) is 7.40. The van der Waals surface area contributed by atoms with Crippen molar-refractivity contribution in [1.29, 1.82) is 0 Å². The molecule has 0 spiro atoms. The number of aromatic hydroxyl groups is 1. The van der Waals surface area contributed by atoms with E-state index >= 15 is 0 Å². The Bertz CT molecular complexity index is 964. The van der Waals surface area contributed by atoms with E-state index in [2.05, 4.69) is 50.9 Å². The second-order valence-electron chi connectivity index (χ2n) is 9.50. The van der Waals surface area contributed by atoms with Gasteiger partial charge in [-0.3, -0.25) is 14.8 Å². The summed E-state index contributed by atoms with van der Waals surface area (Å²) in [5, 5.41) is 10.2. The van der Waals surface area contributed by atoms with E-state index in [0.717, 1.165) is 77.2 Å². The van der Waals surface area contributed by atoms with E-state index < -0.39 is 0 Å². The molecule has 5 nitrogen and oxygen atoms in total. The van der Waals surface area contributed by atoms with E-state index in [4.69, 9.17) is 0 Å². The number of hydrogen-bond donors (Lipinski definition) is 1. The molecule has 1 aliphatic carbocycles. The molecule has 170 valence electrons. The van der Waals surface area contributed by atoms with Crippen LogP contribution in [-0.2, 0) is 19.3 Å².